The maximum absolute atomic E-state index is 9.96. The SMILES string of the molecule is Nc1nc(NC2CCCCC2O)c2[nH]cnc2n1. The van der Waals surface area contributed by atoms with Gasteiger partial charge < -0.3 is 21.1 Å². The highest BCUT2D eigenvalue weighted by Crippen LogP contribution is 2.24. The van der Waals surface area contributed by atoms with Gasteiger partial charge in [0, 0.05) is 0 Å². The number of H-pyrrole nitrogens is 1. The number of aliphatic hydroxyl groups is 1. The Labute approximate surface area is 104 Å². The number of hydrogen-bond donors (Lipinski definition) is 4. The largest absolute Gasteiger partial charge is 0.391 e. The Morgan fingerprint density at radius 2 is 2.17 bits per heavy atom. The van der Waals surface area contributed by atoms with Gasteiger partial charge in [-0.15, -0.1) is 0 Å². The molecule has 0 radical (unpaired) electrons. The van der Waals surface area contributed by atoms with Crippen LogP contribution in [0.3, 0.4) is 0 Å². The molecule has 5 N–H and O–H groups in total. The van der Waals surface area contributed by atoms with Gasteiger partial charge in [-0.05, 0) is 12.8 Å². The first-order valence-corrected chi connectivity index (χ1v) is 6.15. The smallest absolute Gasteiger partial charge is 0.224 e. The lowest BCUT2D eigenvalue weighted by atomic mass is 9.92. The van der Waals surface area contributed by atoms with Gasteiger partial charge in [-0.25, -0.2) is 4.98 Å². The van der Waals surface area contributed by atoms with Crippen molar-refractivity contribution in [2.45, 2.75) is 37.8 Å². The van der Waals surface area contributed by atoms with E-state index in [1.54, 1.807) is 6.33 Å². The molecule has 18 heavy (non-hydrogen) atoms. The molecular weight excluding hydrogens is 232 g/mol. The zero-order valence-corrected chi connectivity index (χ0v) is 9.93. The van der Waals surface area contributed by atoms with Crippen molar-refractivity contribution in [3.8, 4) is 0 Å². The molecule has 3 rings (SSSR count). The van der Waals surface area contributed by atoms with E-state index in [0.29, 0.717) is 11.5 Å². The fourth-order valence-electron chi connectivity index (χ4n) is 2.41. The number of nitrogens with two attached hydrogens (primary N) is 1. The molecule has 7 nitrogen and oxygen atoms in total. The molecule has 0 bridgehead atoms. The van der Waals surface area contributed by atoms with Crippen molar-refractivity contribution in [2.24, 2.45) is 0 Å². The van der Waals surface area contributed by atoms with E-state index in [1.807, 2.05) is 0 Å². The third kappa shape index (κ3) is 1.97. The van der Waals surface area contributed by atoms with Crippen LogP contribution in [-0.4, -0.2) is 37.2 Å². The first-order chi connectivity index (χ1) is 8.74. The summed E-state index contributed by atoms with van der Waals surface area (Å²) >= 11 is 0. The van der Waals surface area contributed by atoms with Crippen LogP contribution in [0.4, 0.5) is 11.8 Å². The lowest BCUT2D eigenvalue weighted by Gasteiger charge is -2.28. The molecule has 2 aromatic rings. The van der Waals surface area contributed by atoms with Crippen LogP contribution >= 0.6 is 0 Å². The summed E-state index contributed by atoms with van der Waals surface area (Å²) in [5, 5.41) is 13.2. The lowest BCUT2D eigenvalue weighted by molar-refractivity contribution is 0.116. The van der Waals surface area contributed by atoms with Crippen LogP contribution in [0.2, 0.25) is 0 Å². The van der Waals surface area contributed by atoms with E-state index in [2.05, 4.69) is 25.3 Å². The molecular formula is C11H16N6O. The Morgan fingerprint density at radius 3 is 3.00 bits per heavy atom. The molecule has 0 spiro atoms. The number of anilines is 2. The standard InChI is InChI=1S/C11H16N6O/c12-11-16-9-8(13-5-14-9)10(17-11)15-6-3-1-2-4-7(6)18/h5-7,18H,1-4H2,(H4,12,13,14,15,16,17). The summed E-state index contributed by atoms with van der Waals surface area (Å²) in [6.07, 6.45) is 5.16. The number of rotatable bonds is 2. The Bertz CT molecular complexity index is 553. The number of nitrogens with zero attached hydrogens (tertiary/aromatic N) is 3. The summed E-state index contributed by atoms with van der Waals surface area (Å²) in [6.45, 7) is 0. The molecule has 0 aromatic carbocycles. The first-order valence-electron chi connectivity index (χ1n) is 6.15. The van der Waals surface area contributed by atoms with Crippen molar-refractivity contribution in [2.75, 3.05) is 11.1 Å². The maximum Gasteiger partial charge on any atom is 0.224 e. The van der Waals surface area contributed by atoms with E-state index in [4.69, 9.17) is 5.73 Å². The summed E-state index contributed by atoms with van der Waals surface area (Å²) < 4.78 is 0. The second kappa shape index (κ2) is 4.41. The van der Waals surface area contributed by atoms with E-state index in [9.17, 15) is 5.11 Å². The van der Waals surface area contributed by atoms with Gasteiger partial charge in [0.1, 0.15) is 5.52 Å². The summed E-state index contributed by atoms with van der Waals surface area (Å²) in [5.41, 5.74) is 6.91. The molecule has 2 unspecified atom stereocenters. The maximum atomic E-state index is 9.96. The van der Waals surface area contributed by atoms with E-state index in [1.165, 1.54) is 0 Å². The Hall–Kier alpha value is -1.89. The third-order valence-electron chi connectivity index (χ3n) is 3.35. The minimum atomic E-state index is -0.340. The van der Waals surface area contributed by atoms with Gasteiger partial charge in [-0.2, -0.15) is 9.97 Å². The van der Waals surface area contributed by atoms with Crippen LogP contribution in [0.25, 0.3) is 11.2 Å². The van der Waals surface area contributed by atoms with Crippen molar-refractivity contribution in [1.29, 1.82) is 0 Å². The third-order valence-corrected chi connectivity index (χ3v) is 3.35. The number of aromatic nitrogens is 4. The first kappa shape index (κ1) is 11.2. The molecule has 1 aliphatic carbocycles. The summed E-state index contributed by atoms with van der Waals surface area (Å²) in [6, 6.07) is 0.0135. The average molecular weight is 248 g/mol. The Morgan fingerprint density at radius 1 is 1.33 bits per heavy atom. The number of aliphatic hydroxyl groups excluding tert-OH is 1. The predicted octanol–water partition coefficient (Wildman–Crippen LogP) is 0.650. The highest BCUT2D eigenvalue weighted by molar-refractivity contribution is 5.83. The summed E-state index contributed by atoms with van der Waals surface area (Å²) in [5.74, 6) is 0.795. The highest BCUT2D eigenvalue weighted by Gasteiger charge is 2.24. The molecule has 0 amide bonds. The molecule has 7 heteroatoms. The second-order valence-corrected chi connectivity index (χ2v) is 4.63. The zero-order valence-electron chi connectivity index (χ0n) is 9.93. The van der Waals surface area contributed by atoms with Crippen molar-refractivity contribution < 1.29 is 5.11 Å². The fourth-order valence-corrected chi connectivity index (χ4v) is 2.41. The number of hydrogen-bond acceptors (Lipinski definition) is 6. The van der Waals surface area contributed by atoms with E-state index < -0.39 is 0 Å². The van der Waals surface area contributed by atoms with E-state index in [0.717, 1.165) is 31.2 Å². The van der Waals surface area contributed by atoms with Gasteiger partial charge in [0.15, 0.2) is 11.5 Å². The monoisotopic (exact) mass is 248 g/mol. The zero-order chi connectivity index (χ0) is 12.5. The normalized spacial score (nSPS) is 24.3. The number of imidazole rings is 1. The van der Waals surface area contributed by atoms with Gasteiger partial charge in [-0.3, -0.25) is 0 Å². The van der Waals surface area contributed by atoms with Crippen LogP contribution in [0.5, 0.6) is 0 Å². The van der Waals surface area contributed by atoms with Crippen molar-refractivity contribution >= 4 is 22.9 Å². The molecule has 2 atom stereocenters. The molecule has 2 heterocycles. The van der Waals surface area contributed by atoms with Gasteiger partial charge in [0.05, 0.1) is 18.5 Å². The van der Waals surface area contributed by atoms with Crippen molar-refractivity contribution in [3.05, 3.63) is 6.33 Å². The number of aromatic amines is 1. The number of nitrogen functional groups attached to an aromatic ring is 1. The number of fused-ring (bicyclic) bond motifs is 1. The Balaban J connectivity index is 1.91. The van der Waals surface area contributed by atoms with Crippen LogP contribution < -0.4 is 11.1 Å². The van der Waals surface area contributed by atoms with Crippen LogP contribution in [-0.2, 0) is 0 Å². The van der Waals surface area contributed by atoms with Gasteiger partial charge in [0.2, 0.25) is 5.95 Å². The highest BCUT2D eigenvalue weighted by atomic mass is 16.3. The molecule has 96 valence electrons. The number of nitrogens with one attached hydrogen (secondary N) is 2. The van der Waals surface area contributed by atoms with E-state index >= 15 is 0 Å². The fraction of sp³-hybridized carbons (Fsp3) is 0.545. The predicted molar refractivity (Wildman–Crippen MR) is 68.0 cm³/mol. The molecule has 1 saturated carbocycles. The summed E-state index contributed by atoms with van der Waals surface area (Å²) in [7, 11) is 0. The topological polar surface area (TPSA) is 113 Å². The minimum Gasteiger partial charge on any atom is -0.391 e. The van der Waals surface area contributed by atoms with Crippen LogP contribution in [0.15, 0.2) is 6.33 Å². The Kier molecular flexibility index (Phi) is 2.75. The van der Waals surface area contributed by atoms with Gasteiger partial charge >= 0.3 is 0 Å². The van der Waals surface area contributed by atoms with Crippen molar-refractivity contribution in [3.63, 3.8) is 0 Å². The van der Waals surface area contributed by atoms with E-state index in [-0.39, 0.29) is 18.1 Å². The molecule has 1 aliphatic rings. The minimum absolute atomic E-state index is 0.0135. The van der Waals surface area contributed by atoms with Crippen molar-refractivity contribution in [1.82, 2.24) is 19.9 Å². The van der Waals surface area contributed by atoms with Gasteiger partial charge in [-0.1, -0.05) is 12.8 Å². The van der Waals surface area contributed by atoms with Crippen LogP contribution in [0, 0.1) is 0 Å². The van der Waals surface area contributed by atoms with Crippen LogP contribution in [0.1, 0.15) is 25.7 Å². The quantitative estimate of drug-likeness (QED) is 0.620. The lowest BCUT2D eigenvalue weighted by Crippen LogP contribution is -2.36. The molecule has 2 aromatic heterocycles. The molecule has 1 fully saturated rings. The van der Waals surface area contributed by atoms with Gasteiger partial charge in [0.25, 0.3) is 0 Å². The molecule has 0 aliphatic heterocycles. The summed E-state index contributed by atoms with van der Waals surface area (Å²) in [4.78, 5) is 15.3. The average Bonchev–Trinajstić information content (AvgIpc) is 2.80. The molecule has 0 saturated heterocycles. The second-order valence-electron chi connectivity index (χ2n) is 4.63.